The zero-order valence-corrected chi connectivity index (χ0v) is 14.1. The number of rotatable bonds is 7. The Kier molecular flexibility index (Phi) is 6.21. The van der Waals surface area contributed by atoms with Crippen LogP contribution in [0.25, 0.3) is 0 Å². The first kappa shape index (κ1) is 16.0. The lowest BCUT2D eigenvalue weighted by Gasteiger charge is -2.11. The Morgan fingerprint density at radius 1 is 1.10 bits per heavy atom. The van der Waals surface area contributed by atoms with Crippen molar-refractivity contribution < 1.29 is 4.74 Å². The van der Waals surface area contributed by atoms with Gasteiger partial charge in [-0.25, -0.2) is 0 Å². The quantitative estimate of drug-likeness (QED) is 0.581. The Morgan fingerprint density at radius 2 is 1.86 bits per heavy atom. The molecule has 0 unspecified atom stereocenters. The molecule has 0 aromatic heterocycles. The topological polar surface area (TPSA) is 35.2 Å². The average Bonchev–Trinajstić information content (AvgIpc) is 2.49. The van der Waals surface area contributed by atoms with E-state index in [1.54, 1.807) is 0 Å². The van der Waals surface area contributed by atoms with Gasteiger partial charge in [0, 0.05) is 4.47 Å². The van der Waals surface area contributed by atoms with Crippen molar-refractivity contribution in [2.24, 2.45) is 5.73 Å². The fourth-order valence-corrected chi connectivity index (χ4v) is 2.60. The lowest BCUT2D eigenvalue weighted by molar-refractivity contribution is 0.306. The highest BCUT2D eigenvalue weighted by molar-refractivity contribution is 9.10. The fourth-order valence-electron chi connectivity index (χ4n) is 2.08. The van der Waals surface area contributed by atoms with Gasteiger partial charge in [-0.3, -0.25) is 0 Å². The van der Waals surface area contributed by atoms with Gasteiger partial charge in [0.1, 0.15) is 10.7 Å². The van der Waals surface area contributed by atoms with E-state index in [1.807, 2.05) is 24.3 Å². The first-order valence-corrected chi connectivity index (χ1v) is 8.13. The molecule has 2 aromatic carbocycles. The van der Waals surface area contributed by atoms with E-state index in [1.165, 1.54) is 5.56 Å². The Hall–Kier alpha value is -1.39. The predicted molar refractivity (Wildman–Crippen MR) is 94.9 cm³/mol. The molecule has 0 aliphatic carbocycles. The van der Waals surface area contributed by atoms with Crippen molar-refractivity contribution in [1.82, 2.24) is 0 Å². The molecule has 0 aliphatic heterocycles. The standard InChI is InChI=1S/C17H18BrNOS/c18-14-9-10-16(15(12-14)17(19)21)20-11-5-4-8-13-6-2-1-3-7-13/h1-3,6-7,9-10,12H,4-5,8,11H2,(H2,19,21). The summed E-state index contributed by atoms with van der Waals surface area (Å²) >= 11 is 8.46. The summed E-state index contributed by atoms with van der Waals surface area (Å²) < 4.78 is 6.75. The molecule has 110 valence electrons. The van der Waals surface area contributed by atoms with Crippen molar-refractivity contribution >= 4 is 33.1 Å². The van der Waals surface area contributed by atoms with E-state index in [0.29, 0.717) is 11.6 Å². The molecule has 4 heteroatoms. The number of nitrogens with two attached hydrogens (primary N) is 1. The lowest BCUT2D eigenvalue weighted by atomic mass is 10.1. The molecule has 0 spiro atoms. The number of unbranched alkanes of at least 4 members (excludes halogenated alkanes) is 1. The van der Waals surface area contributed by atoms with Gasteiger partial charge in [-0.05, 0) is 43.0 Å². The fraction of sp³-hybridized carbons (Fsp3) is 0.235. The highest BCUT2D eigenvalue weighted by Crippen LogP contribution is 2.23. The number of hydrogen-bond donors (Lipinski definition) is 1. The number of hydrogen-bond acceptors (Lipinski definition) is 2. The van der Waals surface area contributed by atoms with E-state index in [9.17, 15) is 0 Å². The second-order valence-corrected chi connectivity index (χ2v) is 6.15. The molecule has 2 aromatic rings. The highest BCUT2D eigenvalue weighted by Gasteiger charge is 2.07. The van der Waals surface area contributed by atoms with Crippen molar-refractivity contribution in [3.8, 4) is 5.75 Å². The van der Waals surface area contributed by atoms with E-state index < -0.39 is 0 Å². The molecule has 2 N–H and O–H groups in total. The van der Waals surface area contributed by atoms with Crippen LogP contribution in [0.2, 0.25) is 0 Å². The molecule has 0 atom stereocenters. The van der Waals surface area contributed by atoms with Gasteiger partial charge in [-0.15, -0.1) is 0 Å². The van der Waals surface area contributed by atoms with Crippen LogP contribution in [0.1, 0.15) is 24.0 Å². The number of aryl methyl sites for hydroxylation is 1. The summed E-state index contributed by atoms with van der Waals surface area (Å²) in [5.74, 6) is 0.755. The molecule has 0 amide bonds. The zero-order chi connectivity index (χ0) is 15.1. The van der Waals surface area contributed by atoms with Crippen LogP contribution < -0.4 is 10.5 Å². The van der Waals surface area contributed by atoms with E-state index in [-0.39, 0.29) is 0 Å². The van der Waals surface area contributed by atoms with Crippen LogP contribution in [0.3, 0.4) is 0 Å². The van der Waals surface area contributed by atoms with Crippen LogP contribution in [-0.4, -0.2) is 11.6 Å². The third-order valence-corrected chi connectivity index (χ3v) is 3.88. The summed E-state index contributed by atoms with van der Waals surface area (Å²) in [4.78, 5) is 0.357. The maximum atomic E-state index is 5.80. The largest absolute Gasteiger partial charge is 0.493 e. The normalized spacial score (nSPS) is 10.3. The van der Waals surface area contributed by atoms with Gasteiger partial charge in [0.25, 0.3) is 0 Å². The summed E-state index contributed by atoms with van der Waals surface area (Å²) in [7, 11) is 0. The number of thiocarbonyl (C=S) groups is 1. The third kappa shape index (κ3) is 5.14. The summed E-state index contributed by atoms with van der Waals surface area (Å²) in [5, 5.41) is 0. The summed E-state index contributed by atoms with van der Waals surface area (Å²) in [6.45, 7) is 0.671. The predicted octanol–water partition coefficient (Wildman–Crippen LogP) is 4.49. The minimum atomic E-state index is 0.357. The molecule has 2 nitrogen and oxygen atoms in total. The Morgan fingerprint density at radius 3 is 2.57 bits per heavy atom. The van der Waals surface area contributed by atoms with Gasteiger partial charge in [0.15, 0.2) is 0 Å². The summed E-state index contributed by atoms with van der Waals surface area (Å²) in [5.41, 5.74) is 7.87. The van der Waals surface area contributed by atoms with Crippen molar-refractivity contribution in [3.05, 3.63) is 64.1 Å². The van der Waals surface area contributed by atoms with Crippen molar-refractivity contribution in [2.75, 3.05) is 6.61 Å². The lowest BCUT2D eigenvalue weighted by Crippen LogP contribution is -2.12. The molecule has 21 heavy (non-hydrogen) atoms. The van der Waals surface area contributed by atoms with E-state index in [4.69, 9.17) is 22.7 Å². The smallest absolute Gasteiger partial charge is 0.129 e. The monoisotopic (exact) mass is 363 g/mol. The molecular weight excluding hydrogens is 346 g/mol. The zero-order valence-electron chi connectivity index (χ0n) is 11.7. The molecule has 2 rings (SSSR count). The maximum Gasteiger partial charge on any atom is 0.129 e. The minimum absolute atomic E-state index is 0.357. The number of ether oxygens (including phenoxy) is 1. The van der Waals surface area contributed by atoms with Gasteiger partial charge < -0.3 is 10.5 Å². The number of benzene rings is 2. The second-order valence-electron chi connectivity index (χ2n) is 4.80. The summed E-state index contributed by atoms with van der Waals surface area (Å²) in [6.07, 6.45) is 3.18. The van der Waals surface area contributed by atoms with E-state index >= 15 is 0 Å². The van der Waals surface area contributed by atoms with Crippen LogP contribution in [-0.2, 0) is 6.42 Å². The summed E-state index contributed by atoms with van der Waals surface area (Å²) in [6, 6.07) is 16.2. The van der Waals surface area contributed by atoms with Gasteiger partial charge in [0.2, 0.25) is 0 Å². The molecule has 0 saturated heterocycles. The van der Waals surface area contributed by atoms with Crippen LogP contribution in [0, 0.1) is 0 Å². The average molecular weight is 364 g/mol. The Bertz CT molecular complexity index is 601. The van der Waals surface area contributed by atoms with Crippen LogP contribution in [0.5, 0.6) is 5.75 Å². The van der Waals surface area contributed by atoms with Crippen molar-refractivity contribution in [1.29, 1.82) is 0 Å². The third-order valence-electron chi connectivity index (χ3n) is 3.17. The van der Waals surface area contributed by atoms with Gasteiger partial charge >= 0.3 is 0 Å². The molecule has 0 saturated carbocycles. The van der Waals surface area contributed by atoms with Crippen molar-refractivity contribution in [2.45, 2.75) is 19.3 Å². The SMILES string of the molecule is NC(=S)c1cc(Br)ccc1OCCCCc1ccccc1. The van der Waals surface area contributed by atoms with Crippen molar-refractivity contribution in [3.63, 3.8) is 0 Å². The maximum absolute atomic E-state index is 5.80. The second kappa shape index (κ2) is 8.15. The van der Waals surface area contributed by atoms with Gasteiger partial charge in [0.05, 0.1) is 12.2 Å². The first-order chi connectivity index (χ1) is 10.2. The van der Waals surface area contributed by atoms with E-state index in [0.717, 1.165) is 35.0 Å². The van der Waals surface area contributed by atoms with Crippen LogP contribution in [0.4, 0.5) is 0 Å². The molecule has 0 aliphatic rings. The molecule has 0 fully saturated rings. The molecule has 0 heterocycles. The Labute approximate surface area is 139 Å². The Balaban J connectivity index is 1.80. The van der Waals surface area contributed by atoms with Gasteiger partial charge in [-0.1, -0.05) is 58.5 Å². The molecule has 0 bridgehead atoms. The van der Waals surface area contributed by atoms with Crippen LogP contribution in [0.15, 0.2) is 53.0 Å². The molecule has 0 radical (unpaired) electrons. The van der Waals surface area contributed by atoms with Crippen LogP contribution >= 0.6 is 28.1 Å². The highest BCUT2D eigenvalue weighted by atomic mass is 79.9. The van der Waals surface area contributed by atoms with E-state index in [2.05, 4.69) is 40.2 Å². The minimum Gasteiger partial charge on any atom is -0.493 e. The molecular formula is C17H18BrNOS. The first-order valence-electron chi connectivity index (χ1n) is 6.93. The number of halogens is 1. The van der Waals surface area contributed by atoms with Gasteiger partial charge in [-0.2, -0.15) is 0 Å².